The molecule has 0 saturated carbocycles. The fourth-order valence-corrected chi connectivity index (χ4v) is 2.32. The third kappa shape index (κ3) is 2.21. The number of amides is 1. The number of aromatic nitrogens is 1. The van der Waals surface area contributed by atoms with Crippen molar-refractivity contribution in [2.75, 3.05) is 33.2 Å². The van der Waals surface area contributed by atoms with Crippen LogP contribution in [0.3, 0.4) is 0 Å². The fourth-order valence-electron chi connectivity index (χ4n) is 2.32. The highest BCUT2D eigenvalue weighted by atomic mass is 16.4. The molecule has 0 unspecified atom stereocenters. The average Bonchev–Trinajstić information content (AvgIpc) is 2.84. The number of hydrogen-bond donors (Lipinski definition) is 0. The number of likely N-dealkylation sites (N-methyl/N-ethyl adjacent to an activating group) is 1. The molecule has 1 aromatic heterocycles. The maximum absolute atomic E-state index is 12.3. The van der Waals surface area contributed by atoms with Crippen molar-refractivity contribution in [2.45, 2.75) is 6.92 Å². The maximum Gasteiger partial charge on any atom is 0.309 e. The van der Waals surface area contributed by atoms with E-state index in [1.807, 2.05) is 25.1 Å². The molecule has 0 aliphatic carbocycles. The summed E-state index contributed by atoms with van der Waals surface area (Å²) in [7, 11) is 2.06. The molecule has 0 N–H and O–H groups in total. The minimum absolute atomic E-state index is 0.108. The Kier molecular flexibility index (Phi) is 2.98. The molecule has 0 bridgehead atoms. The van der Waals surface area contributed by atoms with Gasteiger partial charge >= 0.3 is 5.91 Å². The van der Waals surface area contributed by atoms with Gasteiger partial charge in [0.2, 0.25) is 0 Å². The van der Waals surface area contributed by atoms with Crippen LogP contribution in [0.15, 0.2) is 22.6 Å². The molecular weight excluding hydrogens is 242 g/mol. The Labute approximate surface area is 111 Å². The van der Waals surface area contributed by atoms with E-state index in [4.69, 9.17) is 4.42 Å². The summed E-state index contributed by atoms with van der Waals surface area (Å²) < 4.78 is 5.62. The number of carbonyl (C=O) groups is 1. The molecule has 5 heteroatoms. The zero-order valence-corrected chi connectivity index (χ0v) is 11.2. The summed E-state index contributed by atoms with van der Waals surface area (Å²) in [6, 6.07) is 5.74. The lowest BCUT2D eigenvalue weighted by atomic mass is 10.2. The highest BCUT2D eigenvalue weighted by Crippen LogP contribution is 2.20. The van der Waals surface area contributed by atoms with E-state index in [1.54, 1.807) is 4.90 Å². The Morgan fingerprint density at radius 1 is 1.26 bits per heavy atom. The summed E-state index contributed by atoms with van der Waals surface area (Å²) in [6.07, 6.45) is 0. The van der Waals surface area contributed by atoms with Crippen molar-refractivity contribution in [3.05, 3.63) is 29.7 Å². The molecule has 1 aliphatic rings. The fraction of sp³-hybridized carbons (Fsp3) is 0.429. The molecule has 2 heterocycles. The Morgan fingerprint density at radius 3 is 2.68 bits per heavy atom. The number of rotatable bonds is 1. The van der Waals surface area contributed by atoms with E-state index in [2.05, 4.69) is 16.9 Å². The Balaban J connectivity index is 1.87. The van der Waals surface area contributed by atoms with Crippen molar-refractivity contribution < 1.29 is 9.21 Å². The molecule has 100 valence electrons. The highest BCUT2D eigenvalue weighted by Gasteiger charge is 2.24. The first kappa shape index (κ1) is 12.2. The molecule has 1 aromatic carbocycles. The second-order valence-electron chi connectivity index (χ2n) is 5.04. The van der Waals surface area contributed by atoms with Gasteiger partial charge in [-0.15, -0.1) is 0 Å². The minimum Gasteiger partial charge on any atom is -0.432 e. The number of benzene rings is 1. The third-order valence-electron chi connectivity index (χ3n) is 3.59. The summed E-state index contributed by atoms with van der Waals surface area (Å²) in [6.45, 7) is 5.20. The largest absolute Gasteiger partial charge is 0.432 e. The van der Waals surface area contributed by atoms with Gasteiger partial charge in [0.05, 0.1) is 0 Å². The smallest absolute Gasteiger partial charge is 0.309 e. The molecule has 3 rings (SSSR count). The van der Waals surface area contributed by atoms with E-state index in [-0.39, 0.29) is 11.8 Å². The maximum atomic E-state index is 12.3. The van der Waals surface area contributed by atoms with E-state index in [1.165, 1.54) is 0 Å². The van der Waals surface area contributed by atoms with Gasteiger partial charge < -0.3 is 14.2 Å². The molecule has 5 nitrogen and oxygen atoms in total. The van der Waals surface area contributed by atoms with E-state index in [9.17, 15) is 4.79 Å². The molecule has 19 heavy (non-hydrogen) atoms. The zero-order valence-electron chi connectivity index (χ0n) is 11.2. The van der Waals surface area contributed by atoms with Crippen LogP contribution in [0.5, 0.6) is 0 Å². The Morgan fingerprint density at radius 2 is 2.00 bits per heavy atom. The number of fused-ring (bicyclic) bond motifs is 1. The van der Waals surface area contributed by atoms with E-state index >= 15 is 0 Å². The monoisotopic (exact) mass is 259 g/mol. The first-order valence-electron chi connectivity index (χ1n) is 6.49. The summed E-state index contributed by atoms with van der Waals surface area (Å²) in [5, 5.41) is 0. The Hall–Kier alpha value is -1.88. The topological polar surface area (TPSA) is 49.6 Å². The van der Waals surface area contributed by atoms with Crippen LogP contribution in [-0.2, 0) is 0 Å². The van der Waals surface area contributed by atoms with Gasteiger partial charge in [-0.1, -0.05) is 12.1 Å². The third-order valence-corrected chi connectivity index (χ3v) is 3.59. The number of hydrogen-bond acceptors (Lipinski definition) is 4. The van der Waals surface area contributed by atoms with E-state index in [0.717, 1.165) is 37.3 Å². The molecule has 0 spiro atoms. The van der Waals surface area contributed by atoms with Gasteiger partial charge in [-0.3, -0.25) is 4.79 Å². The summed E-state index contributed by atoms with van der Waals surface area (Å²) in [4.78, 5) is 20.6. The minimum atomic E-state index is -0.108. The molecule has 1 fully saturated rings. The lowest BCUT2D eigenvalue weighted by molar-refractivity contribution is 0.0627. The summed E-state index contributed by atoms with van der Waals surface area (Å²) >= 11 is 0. The second-order valence-corrected chi connectivity index (χ2v) is 5.04. The summed E-state index contributed by atoms with van der Waals surface area (Å²) in [5.74, 6) is 0.0950. The van der Waals surface area contributed by atoms with Crippen LogP contribution in [0, 0.1) is 6.92 Å². The van der Waals surface area contributed by atoms with Gasteiger partial charge in [-0.25, -0.2) is 4.98 Å². The molecule has 1 saturated heterocycles. The average molecular weight is 259 g/mol. The number of aryl methyl sites for hydroxylation is 1. The van der Waals surface area contributed by atoms with Crippen LogP contribution in [-0.4, -0.2) is 53.9 Å². The van der Waals surface area contributed by atoms with Crippen LogP contribution in [0.1, 0.15) is 16.2 Å². The number of oxazole rings is 1. The molecule has 1 aliphatic heterocycles. The first-order chi connectivity index (χ1) is 9.15. The van der Waals surface area contributed by atoms with Gasteiger partial charge in [0.25, 0.3) is 5.89 Å². The lowest BCUT2D eigenvalue weighted by Crippen LogP contribution is -2.47. The molecular formula is C14H17N3O2. The van der Waals surface area contributed by atoms with Crippen molar-refractivity contribution in [2.24, 2.45) is 0 Å². The van der Waals surface area contributed by atoms with Crippen LogP contribution in [0.25, 0.3) is 11.1 Å². The van der Waals surface area contributed by atoms with Crippen molar-refractivity contribution in [3.63, 3.8) is 0 Å². The molecule has 0 radical (unpaired) electrons. The van der Waals surface area contributed by atoms with Gasteiger partial charge in [-0.05, 0) is 25.6 Å². The number of para-hydroxylation sites is 1. The second kappa shape index (κ2) is 4.66. The lowest BCUT2D eigenvalue weighted by Gasteiger charge is -2.31. The normalized spacial score (nSPS) is 17.1. The van der Waals surface area contributed by atoms with Gasteiger partial charge in [-0.2, -0.15) is 0 Å². The van der Waals surface area contributed by atoms with Crippen LogP contribution >= 0.6 is 0 Å². The quantitative estimate of drug-likeness (QED) is 0.779. The van der Waals surface area contributed by atoms with Crippen LogP contribution < -0.4 is 0 Å². The zero-order chi connectivity index (χ0) is 13.4. The van der Waals surface area contributed by atoms with Crippen molar-refractivity contribution in [1.82, 2.24) is 14.8 Å². The number of piperazine rings is 1. The predicted molar refractivity (Wildman–Crippen MR) is 72.1 cm³/mol. The first-order valence-corrected chi connectivity index (χ1v) is 6.49. The van der Waals surface area contributed by atoms with Crippen molar-refractivity contribution in [1.29, 1.82) is 0 Å². The SMILES string of the molecule is Cc1cccc2nc(C(=O)N3CCN(C)CC3)oc12. The van der Waals surface area contributed by atoms with Crippen LogP contribution in [0.4, 0.5) is 0 Å². The summed E-state index contributed by atoms with van der Waals surface area (Å²) in [5.41, 5.74) is 2.46. The van der Waals surface area contributed by atoms with Gasteiger partial charge in [0, 0.05) is 26.2 Å². The van der Waals surface area contributed by atoms with Crippen molar-refractivity contribution >= 4 is 17.0 Å². The number of carbonyl (C=O) groups excluding carboxylic acids is 1. The van der Waals surface area contributed by atoms with E-state index < -0.39 is 0 Å². The predicted octanol–water partition coefficient (Wildman–Crippen LogP) is 1.52. The Bertz CT molecular complexity index is 612. The van der Waals surface area contributed by atoms with Gasteiger partial charge in [0.15, 0.2) is 5.58 Å². The molecule has 0 atom stereocenters. The molecule has 2 aromatic rings. The molecule has 1 amide bonds. The van der Waals surface area contributed by atoms with Crippen molar-refractivity contribution in [3.8, 4) is 0 Å². The highest BCUT2D eigenvalue weighted by molar-refractivity contribution is 5.92. The number of nitrogens with zero attached hydrogens (tertiary/aromatic N) is 3. The standard InChI is InChI=1S/C14H17N3O2/c1-10-4-3-5-11-12(10)19-13(15-11)14(18)17-8-6-16(2)7-9-17/h3-5H,6-9H2,1-2H3. The van der Waals surface area contributed by atoms with Crippen LogP contribution in [0.2, 0.25) is 0 Å². The van der Waals surface area contributed by atoms with E-state index in [0.29, 0.717) is 5.58 Å². The van der Waals surface area contributed by atoms with Gasteiger partial charge in [0.1, 0.15) is 5.52 Å².